The summed E-state index contributed by atoms with van der Waals surface area (Å²) in [6.45, 7) is 2.14. The van der Waals surface area contributed by atoms with E-state index in [-0.39, 0.29) is 4.90 Å². The molecule has 2 aromatic carbocycles. The number of thiazole rings is 1. The largest absolute Gasteiger partial charge is 0.419 e. The predicted molar refractivity (Wildman–Crippen MR) is 117 cm³/mol. The van der Waals surface area contributed by atoms with Crippen molar-refractivity contribution in [1.29, 1.82) is 0 Å². The van der Waals surface area contributed by atoms with Crippen LogP contribution in [0.15, 0.2) is 56.6 Å². The van der Waals surface area contributed by atoms with Gasteiger partial charge in [0, 0.05) is 33.2 Å². The molecule has 1 aliphatic rings. The van der Waals surface area contributed by atoms with Gasteiger partial charge in [-0.05, 0) is 36.8 Å². The second kappa shape index (κ2) is 7.22. The Kier molecular flexibility index (Phi) is 4.64. The maximum atomic E-state index is 13.3. The summed E-state index contributed by atoms with van der Waals surface area (Å²) in [4.78, 5) is 18.7. The van der Waals surface area contributed by atoms with Crippen molar-refractivity contribution in [3.8, 4) is 0 Å². The Bertz CT molecular complexity index is 1370. The van der Waals surface area contributed by atoms with Crippen LogP contribution in [0.5, 0.6) is 0 Å². The minimum absolute atomic E-state index is 0.167. The Morgan fingerprint density at radius 1 is 1.07 bits per heavy atom. The Morgan fingerprint density at radius 2 is 1.90 bits per heavy atom. The van der Waals surface area contributed by atoms with Gasteiger partial charge in [0.15, 0.2) is 10.7 Å². The van der Waals surface area contributed by atoms with Crippen LogP contribution in [-0.4, -0.2) is 48.5 Å². The standard InChI is InChI=1S/C20H20N4O4S2/c1-22-16-13-14(7-8-17(16)28-20(22)25)30(26,27)24-10-4-9-23(11-12-24)19-21-15-5-2-3-6-18(15)29-19/h2-3,5-8,13H,4,9-12H2,1H3. The predicted octanol–water partition coefficient (Wildman–Crippen LogP) is 2.64. The second-order valence-corrected chi connectivity index (χ2v) is 10.2. The van der Waals surface area contributed by atoms with E-state index in [1.807, 2.05) is 24.3 Å². The Morgan fingerprint density at radius 3 is 2.73 bits per heavy atom. The Balaban J connectivity index is 1.40. The van der Waals surface area contributed by atoms with E-state index in [4.69, 9.17) is 9.40 Å². The Labute approximate surface area is 177 Å². The topological polar surface area (TPSA) is 88.6 Å². The summed E-state index contributed by atoms with van der Waals surface area (Å²) in [5.74, 6) is -0.513. The molecule has 0 N–H and O–H groups in total. The number of hydrogen-bond donors (Lipinski definition) is 0. The van der Waals surface area contributed by atoms with Crippen molar-refractivity contribution in [3.05, 3.63) is 53.0 Å². The number of benzene rings is 2. The molecule has 4 aromatic rings. The zero-order valence-electron chi connectivity index (χ0n) is 16.3. The van der Waals surface area contributed by atoms with Crippen LogP contribution in [0.4, 0.5) is 5.13 Å². The summed E-state index contributed by atoms with van der Waals surface area (Å²) in [5.41, 5.74) is 1.80. The normalized spacial score (nSPS) is 16.4. The summed E-state index contributed by atoms with van der Waals surface area (Å²) in [6, 6.07) is 12.5. The molecule has 0 saturated carbocycles. The minimum Gasteiger partial charge on any atom is -0.408 e. The highest BCUT2D eigenvalue weighted by Gasteiger charge is 2.28. The zero-order chi connectivity index (χ0) is 20.9. The van der Waals surface area contributed by atoms with E-state index in [1.165, 1.54) is 27.1 Å². The molecule has 5 rings (SSSR count). The number of para-hydroxylation sites is 1. The van der Waals surface area contributed by atoms with Crippen LogP contribution in [-0.2, 0) is 17.1 Å². The van der Waals surface area contributed by atoms with Crippen molar-refractivity contribution in [2.24, 2.45) is 7.05 Å². The first kappa shape index (κ1) is 19.3. The number of sulfonamides is 1. The van der Waals surface area contributed by atoms with Gasteiger partial charge >= 0.3 is 5.76 Å². The van der Waals surface area contributed by atoms with Gasteiger partial charge in [-0.1, -0.05) is 23.5 Å². The molecule has 0 atom stereocenters. The van der Waals surface area contributed by atoms with Gasteiger partial charge in [-0.2, -0.15) is 4.31 Å². The average molecular weight is 445 g/mol. The van der Waals surface area contributed by atoms with Crippen molar-refractivity contribution in [1.82, 2.24) is 13.9 Å². The molecule has 0 spiro atoms. The maximum absolute atomic E-state index is 13.3. The van der Waals surface area contributed by atoms with Crippen molar-refractivity contribution >= 4 is 47.8 Å². The molecule has 0 amide bonds. The monoisotopic (exact) mass is 444 g/mol. The maximum Gasteiger partial charge on any atom is 0.419 e. The zero-order valence-corrected chi connectivity index (χ0v) is 17.9. The number of nitrogens with zero attached hydrogens (tertiary/aromatic N) is 4. The molecule has 30 heavy (non-hydrogen) atoms. The van der Waals surface area contributed by atoms with E-state index in [2.05, 4.69) is 4.90 Å². The molecule has 1 aliphatic heterocycles. The van der Waals surface area contributed by atoms with E-state index in [0.29, 0.717) is 37.2 Å². The Hall–Kier alpha value is -2.69. The van der Waals surface area contributed by atoms with Crippen LogP contribution in [0.25, 0.3) is 21.3 Å². The van der Waals surface area contributed by atoms with Gasteiger partial charge in [-0.15, -0.1) is 0 Å². The number of hydrogen-bond acceptors (Lipinski definition) is 7. The SMILES string of the molecule is Cn1c(=O)oc2ccc(S(=O)(=O)N3CCCN(c4nc5ccccc5s4)CC3)cc21. The number of anilines is 1. The van der Waals surface area contributed by atoms with Gasteiger partial charge in [0.05, 0.1) is 20.6 Å². The van der Waals surface area contributed by atoms with E-state index in [9.17, 15) is 13.2 Å². The van der Waals surface area contributed by atoms with Crippen LogP contribution in [0, 0.1) is 0 Å². The fourth-order valence-corrected chi connectivity index (χ4v) is 6.24. The third-order valence-corrected chi connectivity index (χ3v) is 8.40. The van der Waals surface area contributed by atoms with Crippen molar-refractivity contribution in [3.63, 3.8) is 0 Å². The van der Waals surface area contributed by atoms with Crippen LogP contribution >= 0.6 is 11.3 Å². The molecule has 2 aromatic heterocycles. The van der Waals surface area contributed by atoms with Crippen LogP contribution < -0.4 is 10.7 Å². The highest BCUT2D eigenvalue weighted by atomic mass is 32.2. The highest BCUT2D eigenvalue weighted by molar-refractivity contribution is 7.89. The van der Waals surface area contributed by atoms with Gasteiger partial charge in [0.25, 0.3) is 0 Å². The fraction of sp³-hybridized carbons (Fsp3) is 0.300. The van der Waals surface area contributed by atoms with Gasteiger partial charge in [-0.3, -0.25) is 4.57 Å². The number of aromatic nitrogens is 2. The molecule has 3 heterocycles. The summed E-state index contributed by atoms with van der Waals surface area (Å²) in [7, 11) is -2.12. The van der Waals surface area contributed by atoms with Crippen LogP contribution in [0.2, 0.25) is 0 Å². The van der Waals surface area contributed by atoms with E-state index in [0.717, 1.165) is 21.9 Å². The number of aryl methyl sites for hydroxylation is 1. The molecular weight excluding hydrogens is 424 g/mol. The lowest BCUT2D eigenvalue weighted by Crippen LogP contribution is -2.35. The van der Waals surface area contributed by atoms with Gasteiger partial charge < -0.3 is 9.32 Å². The van der Waals surface area contributed by atoms with Crippen LogP contribution in [0.1, 0.15) is 6.42 Å². The molecular formula is C20H20N4O4S2. The third-order valence-electron chi connectivity index (χ3n) is 5.41. The molecule has 0 radical (unpaired) electrons. The quantitative estimate of drug-likeness (QED) is 0.483. The van der Waals surface area contributed by atoms with Crippen molar-refractivity contribution < 1.29 is 12.8 Å². The molecule has 8 nitrogen and oxygen atoms in total. The fourth-order valence-electron chi connectivity index (χ4n) is 3.74. The van der Waals surface area contributed by atoms with Crippen molar-refractivity contribution in [2.45, 2.75) is 11.3 Å². The number of oxazole rings is 1. The van der Waals surface area contributed by atoms with E-state index in [1.54, 1.807) is 18.4 Å². The first-order chi connectivity index (χ1) is 14.4. The molecule has 156 valence electrons. The van der Waals surface area contributed by atoms with Gasteiger partial charge in [0.1, 0.15) is 0 Å². The highest BCUT2D eigenvalue weighted by Crippen LogP contribution is 2.30. The average Bonchev–Trinajstić information content (AvgIpc) is 3.17. The first-order valence-electron chi connectivity index (χ1n) is 9.64. The van der Waals surface area contributed by atoms with Crippen molar-refractivity contribution in [2.75, 3.05) is 31.1 Å². The molecule has 0 aliphatic carbocycles. The summed E-state index contributed by atoms with van der Waals surface area (Å²) >= 11 is 1.63. The van der Waals surface area contributed by atoms with E-state index >= 15 is 0 Å². The molecule has 0 unspecified atom stereocenters. The molecule has 0 bridgehead atoms. The van der Waals surface area contributed by atoms with E-state index < -0.39 is 15.8 Å². The minimum atomic E-state index is -3.68. The smallest absolute Gasteiger partial charge is 0.408 e. The van der Waals surface area contributed by atoms with Gasteiger partial charge in [0.2, 0.25) is 10.0 Å². The summed E-state index contributed by atoms with van der Waals surface area (Å²) < 4.78 is 35.6. The molecule has 1 fully saturated rings. The second-order valence-electron chi connectivity index (χ2n) is 7.27. The molecule has 1 saturated heterocycles. The lowest BCUT2D eigenvalue weighted by atomic mass is 10.3. The first-order valence-corrected chi connectivity index (χ1v) is 11.9. The van der Waals surface area contributed by atoms with Crippen LogP contribution in [0.3, 0.4) is 0 Å². The lowest BCUT2D eigenvalue weighted by molar-refractivity contribution is 0.433. The lowest BCUT2D eigenvalue weighted by Gasteiger charge is -2.21. The van der Waals surface area contributed by atoms with Gasteiger partial charge in [-0.25, -0.2) is 18.2 Å². The summed E-state index contributed by atoms with van der Waals surface area (Å²) in [6.07, 6.45) is 0.710. The third kappa shape index (κ3) is 3.21. The summed E-state index contributed by atoms with van der Waals surface area (Å²) in [5, 5.41) is 0.922. The number of rotatable bonds is 3. The number of fused-ring (bicyclic) bond motifs is 2. The molecule has 10 heteroatoms.